The minimum absolute atomic E-state index is 0.0330. The summed E-state index contributed by atoms with van der Waals surface area (Å²) in [5.74, 6) is 0.376. The van der Waals surface area contributed by atoms with Crippen LogP contribution in [0.15, 0.2) is 46.9 Å². The van der Waals surface area contributed by atoms with Crippen molar-refractivity contribution >= 4 is 34.9 Å². The van der Waals surface area contributed by atoms with Crippen molar-refractivity contribution in [2.75, 3.05) is 5.32 Å². The van der Waals surface area contributed by atoms with Crippen molar-refractivity contribution < 1.29 is 9.52 Å². The van der Waals surface area contributed by atoms with Crippen molar-refractivity contribution in [3.05, 3.63) is 52.5 Å². The van der Waals surface area contributed by atoms with Crippen LogP contribution in [0.2, 0.25) is 10.0 Å². The molecular formula is C14H9Cl2N3O2. The number of hydrogen-bond donors (Lipinski definition) is 2. The number of phenols is 1. The number of anilines is 2. The Balaban J connectivity index is 1.85. The molecule has 0 spiro atoms. The first kappa shape index (κ1) is 13.7. The molecular weight excluding hydrogens is 313 g/mol. The second-order valence-electron chi connectivity index (χ2n) is 4.21. The molecule has 0 unspecified atom stereocenters. The zero-order valence-electron chi connectivity index (χ0n) is 10.5. The van der Waals surface area contributed by atoms with E-state index < -0.39 is 0 Å². The Hall–Kier alpha value is -2.24. The molecule has 2 aromatic carbocycles. The lowest BCUT2D eigenvalue weighted by atomic mass is 10.2. The lowest BCUT2D eigenvalue weighted by Crippen LogP contribution is -1.90. The predicted molar refractivity (Wildman–Crippen MR) is 81.1 cm³/mol. The Morgan fingerprint density at radius 1 is 0.952 bits per heavy atom. The average molecular weight is 322 g/mol. The molecule has 0 atom stereocenters. The van der Waals surface area contributed by atoms with E-state index in [4.69, 9.17) is 27.6 Å². The Bertz CT molecular complexity index is 772. The summed E-state index contributed by atoms with van der Waals surface area (Å²) < 4.78 is 5.48. The lowest BCUT2D eigenvalue weighted by Gasteiger charge is -2.04. The van der Waals surface area contributed by atoms with E-state index in [2.05, 4.69) is 15.5 Å². The molecule has 0 aliphatic rings. The second-order valence-corrected chi connectivity index (χ2v) is 5.08. The molecule has 3 rings (SSSR count). The topological polar surface area (TPSA) is 71.2 Å². The van der Waals surface area contributed by atoms with Crippen molar-refractivity contribution in [1.29, 1.82) is 0 Å². The van der Waals surface area contributed by atoms with E-state index in [9.17, 15) is 5.11 Å². The number of benzene rings is 2. The number of phenolic OH excluding ortho intramolecular Hbond substituents is 1. The fourth-order valence-electron chi connectivity index (χ4n) is 1.71. The van der Waals surface area contributed by atoms with E-state index in [0.29, 0.717) is 21.6 Å². The first-order valence-electron chi connectivity index (χ1n) is 5.97. The van der Waals surface area contributed by atoms with Gasteiger partial charge in [-0.05, 0) is 42.5 Å². The molecule has 2 N–H and O–H groups in total. The van der Waals surface area contributed by atoms with Gasteiger partial charge in [-0.2, -0.15) is 0 Å². The maximum absolute atomic E-state index is 9.72. The molecule has 0 radical (unpaired) electrons. The molecule has 0 fully saturated rings. The van der Waals surface area contributed by atoms with Crippen LogP contribution in [-0.2, 0) is 0 Å². The van der Waals surface area contributed by atoms with Crippen LogP contribution in [0.1, 0.15) is 0 Å². The Morgan fingerprint density at radius 2 is 1.67 bits per heavy atom. The van der Waals surface area contributed by atoms with Crippen LogP contribution in [0, 0.1) is 0 Å². The number of halogens is 2. The number of rotatable bonds is 3. The number of hydrogen-bond acceptors (Lipinski definition) is 5. The number of nitrogens with one attached hydrogen (secondary N) is 1. The van der Waals surface area contributed by atoms with Crippen LogP contribution in [0.25, 0.3) is 11.5 Å². The highest BCUT2D eigenvalue weighted by Gasteiger charge is 2.10. The fraction of sp³-hybridized carbons (Fsp3) is 0. The van der Waals surface area contributed by atoms with E-state index in [-0.39, 0.29) is 11.8 Å². The molecule has 1 aromatic heterocycles. The minimum Gasteiger partial charge on any atom is -0.506 e. The van der Waals surface area contributed by atoms with Crippen LogP contribution in [-0.4, -0.2) is 15.3 Å². The summed E-state index contributed by atoms with van der Waals surface area (Å²) in [5.41, 5.74) is 1.13. The normalized spacial score (nSPS) is 10.6. The zero-order chi connectivity index (χ0) is 14.8. The molecule has 5 nitrogen and oxygen atoms in total. The molecule has 1 heterocycles. The maximum Gasteiger partial charge on any atom is 0.320 e. The minimum atomic E-state index is 0.0330. The molecule has 0 amide bonds. The third-order valence-electron chi connectivity index (χ3n) is 2.72. The van der Waals surface area contributed by atoms with Gasteiger partial charge in [-0.1, -0.05) is 28.3 Å². The summed E-state index contributed by atoms with van der Waals surface area (Å²) in [6.45, 7) is 0. The zero-order valence-corrected chi connectivity index (χ0v) is 12.1. The van der Waals surface area contributed by atoms with Gasteiger partial charge in [-0.25, -0.2) is 0 Å². The summed E-state index contributed by atoms with van der Waals surface area (Å²) in [7, 11) is 0. The first-order chi connectivity index (χ1) is 10.1. The van der Waals surface area contributed by atoms with Gasteiger partial charge in [-0.15, -0.1) is 5.10 Å². The van der Waals surface area contributed by atoms with Gasteiger partial charge in [0.15, 0.2) is 0 Å². The Kier molecular flexibility index (Phi) is 3.68. The van der Waals surface area contributed by atoms with E-state index in [0.717, 1.165) is 5.56 Å². The lowest BCUT2D eigenvalue weighted by molar-refractivity contribution is 0.477. The Labute approximate surface area is 130 Å². The van der Waals surface area contributed by atoms with Crippen molar-refractivity contribution in [1.82, 2.24) is 10.2 Å². The van der Waals surface area contributed by atoms with E-state index in [1.807, 2.05) is 0 Å². The first-order valence-corrected chi connectivity index (χ1v) is 6.72. The largest absolute Gasteiger partial charge is 0.506 e. The SMILES string of the molecule is Oc1ccc(Cl)cc1Nc1nnc(-c2ccc(Cl)cc2)o1. The Morgan fingerprint density at radius 3 is 2.43 bits per heavy atom. The molecule has 0 saturated heterocycles. The van der Waals surface area contributed by atoms with Crippen LogP contribution in [0.4, 0.5) is 11.7 Å². The highest BCUT2D eigenvalue weighted by molar-refractivity contribution is 6.31. The predicted octanol–water partition coefficient (Wildman–Crippen LogP) is 4.49. The monoisotopic (exact) mass is 321 g/mol. The van der Waals surface area contributed by atoms with Gasteiger partial charge < -0.3 is 14.8 Å². The molecule has 0 aliphatic heterocycles. The molecule has 21 heavy (non-hydrogen) atoms. The summed E-state index contributed by atoms with van der Waals surface area (Å²) in [5, 5.41) is 21.4. The third kappa shape index (κ3) is 3.09. The average Bonchev–Trinajstić information content (AvgIpc) is 2.92. The molecule has 3 aromatic rings. The van der Waals surface area contributed by atoms with Crippen LogP contribution >= 0.6 is 23.2 Å². The van der Waals surface area contributed by atoms with Gasteiger partial charge in [0.25, 0.3) is 0 Å². The standard InChI is InChI=1S/C14H9Cl2N3O2/c15-9-3-1-8(2-4-9)13-18-19-14(21-13)17-11-7-10(16)5-6-12(11)20/h1-7,20H,(H,17,19). The summed E-state index contributed by atoms with van der Waals surface area (Å²) in [6, 6.07) is 11.8. The van der Waals surface area contributed by atoms with E-state index in [1.54, 1.807) is 36.4 Å². The fourth-order valence-corrected chi connectivity index (χ4v) is 2.00. The van der Waals surface area contributed by atoms with Gasteiger partial charge in [0.1, 0.15) is 5.75 Å². The van der Waals surface area contributed by atoms with Crippen LogP contribution < -0.4 is 5.32 Å². The van der Waals surface area contributed by atoms with Crippen LogP contribution in [0.3, 0.4) is 0 Å². The van der Waals surface area contributed by atoms with Crippen molar-refractivity contribution in [2.24, 2.45) is 0 Å². The quantitative estimate of drug-likeness (QED) is 0.695. The van der Waals surface area contributed by atoms with Gasteiger partial charge >= 0.3 is 6.01 Å². The summed E-state index contributed by atoms with van der Waals surface area (Å²) in [4.78, 5) is 0. The van der Waals surface area contributed by atoms with Gasteiger partial charge in [0, 0.05) is 15.6 Å². The van der Waals surface area contributed by atoms with Gasteiger partial charge in [0.05, 0.1) is 5.69 Å². The molecule has 7 heteroatoms. The number of nitrogens with zero attached hydrogens (tertiary/aromatic N) is 2. The molecule has 106 valence electrons. The van der Waals surface area contributed by atoms with E-state index in [1.165, 1.54) is 6.07 Å². The second kappa shape index (κ2) is 5.63. The third-order valence-corrected chi connectivity index (χ3v) is 3.20. The van der Waals surface area contributed by atoms with E-state index >= 15 is 0 Å². The summed E-state index contributed by atoms with van der Waals surface area (Å²) >= 11 is 11.7. The molecule has 0 bridgehead atoms. The highest BCUT2D eigenvalue weighted by atomic mass is 35.5. The maximum atomic E-state index is 9.72. The smallest absolute Gasteiger partial charge is 0.320 e. The van der Waals surface area contributed by atoms with Gasteiger partial charge in [-0.3, -0.25) is 0 Å². The molecule has 0 aliphatic carbocycles. The summed E-state index contributed by atoms with van der Waals surface area (Å²) in [6.07, 6.45) is 0. The van der Waals surface area contributed by atoms with Crippen molar-refractivity contribution in [3.8, 4) is 17.2 Å². The van der Waals surface area contributed by atoms with Crippen molar-refractivity contribution in [2.45, 2.75) is 0 Å². The number of aromatic hydroxyl groups is 1. The van der Waals surface area contributed by atoms with Crippen molar-refractivity contribution in [3.63, 3.8) is 0 Å². The van der Waals surface area contributed by atoms with Crippen LogP contribution in [0.5, 0.6) is 5.75 Å². The number of aromatic nitrogens is 2. The molecule has 0 saturated carbocycles. The highest BCUT2D eigenvalue weighted by Crippen LogP contribution is 2.30. The van der Waals surface area contributed by atoms with Gasteiger partial charge in [0.2, 0.25) is 5.89 Å².